The number of carbonyl (C=O) groups is 2. The number of anilines is 2. The number of amides is 3. The van der Waals surface area contributed by atoms with Crippen LogP contribution in [0.4, 0.5) is 16.2 Å². The van der Waals surface area contributed by atoms with E-state index in [9.17, 15) is 9.59 Å². The Kier molecular flexibility index (Phi) is 5.13. The number of para-hydroxylation sites is 1. The number of nitrogens with one attached hydrogen (secondary N) is 3. The third-order valence-electron chi connectivity index (χ3n) is 3.72. The summed E-state index contributed by atoms with van der Waals surface area (Å²) in [6, 6.07) is 4.36. The second kappa shape index (κ2) is 6.87. The Bertz CT molecular complexity index is 577. The highest BCUT2D eigenvalue weighted by atomic mass is 35.5. The Balaban J connectivity index is 2.09. The van der Waals surface area contributed by atoms with Gasteiger partial charge in [-0.2, -0.15) is 0 Å². The van der Waals surface area contributed by atoms with Crippen LogP contribution in [0.15, 0.2) is 18.2 Å². The standard InChI is InChI=1S/C15H21ClN4O2/c1-9-7-8-17-14(21)12(9)19-15(22)18-11-6-4-5-10(16)13(11)20(2)3/h4-6,9,12H,7-8H2,1-3H3,(H,17,21)(H2,18,19,22)/t9-,12-/m0/s1. The molecule has 22 heavy (non-hydrogen) atoms. The van der Waals surface area contributed by atoms with Crippen molar-refractivity contribution < 1.29 is 9.59 Å². The first-order valence-corrected chi connectivity index (χ1v) is 7.59. The summed E-state index contributed by atoms with van der Waals surface area (Å²) < 4.78 is 0. The van der Waals surface area contributed by atoms with Crippen LogP contribution in [0.25, 0.3) is 0 Å². The summed E-state index contributed by atoms with van der Waals surface area (Å²) in [7, 11) is 3.70. The molecule has 0 radical (unpaired) electrons. The molecule has 0 spiro atoms. The summed E-state index contributed by atoms with van der Waals surface area (Å²) in [5, 5.41) is 8.80. The van der Waals surface area contributed by atoms with Gasteiger partial charge in [-0.3, -0.25) is 4.79 Å². The minimum atomic E-state index is -0.518. The average Bonchev–Trinajstić information content (AvgIpc) is 2.42. The molecule has 0 bridgehead atoms. The Hall–Kier alpha value is -1.95. The molecule has 3 amide bonds. The molecule has 1 fully saturated rings. The molecule has 120 valence electrons. The molecular formula is C15H21ClN4O2. The highest BCUT2D eigenvalue weighted by Gasteiger charge is 2.30. The number of hydrogen-bond acceptors (Lipinski definition) is 3. The van der Waals surface area contributed by atoms with Crippen molar-refractivity contribution in [1.29, 1.82) is 0 Å². The van der Waals surface area contributed by atoms with E-state index in [4.69, 9.17) is 11.6 Å². The van der Waals surface area contributed by atoms with E-state index in [-0.39, 0.29) is 11.8 Å². The second-order valence-corrected chi connectivity index (χ2v) is 6.07. The van der Waals surface area contributed by atoms with E-state index in [0.29, 0.717) is 17.3 Å². The fraction of sp³-hybridized carbons (Fsp3) is 0.467. The van der Waals surface area contributed by atoms with Gasteiger partial charge in [-0.25, -0.2) is 4.79 Å². The van der Waals surface area contributed by atoms with Gasteiger partial charge in [-0.15, -0.1) is 0 Å². The van der Waals surface area contributed by atoms with Crippen LogP contribution in [0.5, 0.6) is 0 Å². The van der Waals surface area contributed by atoms with E-state index in [0.717, 1.165) is 12.1 Å². The maximum atomic E-state index is 12.2. The molecule has 0 aromatic heterocycles. The number of carbonyl (C=O) groups excluding carboxylic acids is 2. The minimum absolute atomic E-state index is 0.104. The summed E-state index contributed by atoms with van der Waals surface area (Å²) in [5.74, 6) is -0.0417. The number of piperidine rings is 1. The molecule has 1 saturated heterocycles. The van der Waals surface area contributed by atoms with Crippen molar-refractivity contribution in [2.75, 3.05) is 30.9 Å². The third kappa shape index (κ3) is 3.62. The van der Waals surface area contributed by atoms with Gasteiger partial charge in [0, 0.05) is 20.6 Å². The van der Waals surface area contributed by atoms with E-state index in [1.165, 1.54) is 0 Å². The van der Waals surface area contributed by atoms with Gasteiger partial charge in [0.2, 0.25) is 5.91 Å². The molecule has 0 saturated carbocycles. The summed E-state index contributed by atoms with van der Waals surface area (Å²) in [5.41, 5.74) is 1.32. The fourth-order valence-corrected chi connectivity index (χ4v) is 2.88. The second-order valence-electron chi connectivity index (χ2n) is 5.66. The largest absolute Gasteiger partial charge is 0.375 e. The SMILES string of the molecule is C[C@H]1CCNC(=O)[C@H]1NC(=O)Nc1cccc(Cl)c1N(C)C. The maximum absolute atomic E-state index is 12.2. The average molecular weight is 325 g/mol. The van der Waals surface area contributed by atoms with Gasteiger partial charge in [-0.05, 0) is 24.5 Å². The van der Waals surface area contributed by atoms with E-state index in [2.05, 4.69) is 16.0 Å². The first-order valence-electron chi connectivity index (χ1n) is 7.21. The van der Waals surface area contributed by atoms with Crippen LogP contribution in [0.3, 0.4) is 0 Å². The number of nitrogens with zero attached hydrogens (tertiary/aromatic N) is 1. The third-order valence-corrected chi connectivity index (χ3v) is 4.02. The predicted molar refractivity (Wildman–Crippen MR) is 88.5 cm³/mol. The molecule has 2 rings (SSSR count). The van der Waals surface area contributed by atoms with Gasteiger partial charge in [-0.1, -0.05) is 24.6 Å². The lowest BCUT2D eigenvalue weighted by Crippen LogP contribution is -2.55. The lowest BCUT2D eigenvalue weighted by Gasteiger charge is -2.29. The van der Waals surface area contributed by atoms with Gasteiger partial charge < -0.3 is 20.9 Å². The molecule has 1 aliphatic heterocycles. The zero-order chi connectivity index (χ0) is 16.3. The van der Waals surface area contributed by atoms with E-state index < -0.39 is 12.1 Å². The van der Waals surface area contributed by atoms with Crippen molar-refractivity contribution in [3.05, 3.63) is 23.2 Å². The van der Waals surface area contributed by atoms with E-state index >= 15 is 0 Å². The molecule has 7 heteroatoms. The van der Waals surface area contributed by atoms with Gasteiger partial charge in [0.1, 0.15) is 6.04 Å². The molecule has 6 nitrogen and oxygen atoms in total. The van der Waals surface area contributed by atoms with Crippen LogP contribution in [-0.4, -0.2) is 38.6 Å². The van der Waals surface area contributed by atoms with Gasteiger partial charge in [0.25, 0.3) is 0 Å². The normalized spacial score (nSPS) is 21.0. The van der Waals surface area contributed by atoms with Crippen LogP contribution in [0.1, 0.15) is 13.3 Å². The summed E-state index contributed by atoms with van der Waals surface area (Å²) >= 11 is 6.17. The lowest BCUT2D eigenvalue weighted by atomic mass is 9.94. The first kappa shape index (κ1) is 16.4. The highest BCUT2D eigenvalue weighted by molar-refractivity contribution is 6.34. The lowest BCUT2D eigenvalue weighted by molar-refractivity contribution is -0.125. The maximum Gasteiger partial charge on any atom is 0.319 e. The van der Waals surface area contributed by atoms with Crippen molar-refractivity contribution in [3.8, 4) is 0 Å². The Labute approximate surface area is 135 Å². The Morgan fingerprint density at radius 2 is 2.14 bits per heavy atom. The zero-order valence-corrected chi connectivity index (χ0v) is 13.7. The van der Waals surface area contributed by atoms with E-state index in [1.54, 1.807) is 18.2 Å². The number of urea groups is 1. The van der Waals surface area contributed by atoms with Crippen molar-refractivity contribution in [2.24, 2.45) is 5.92 Å². The molecule has 2 atom stereocenters. The van der Waals surface area contributed by atoms with Crippen molar-refractivity contribution in [2.45, 2.75) is 19.4 Å². The van der Waals surface area contributed by atoms with E-state index in [1.807, 2.05) is 25.9 Å². The highest BCUT2D eigenvalue weighted by Crippen LogP contribution is 2.32. The summed E-state index contributed by atoms with van der Waals surface area (Å²) in [6.07, 6.45) is 0.844. The van der Waals surface area contributed by atoms with Crippen molar-refractivity contribution in [3.63, 3.8) is 0 Å². The molecule has 0 aliphatic carbocycles. The van der Waals surface area contributed by atoms with Crippen LogP contribution in [0, 0.1) is 5.92 Å². The van der Waals surface area contributed by atoms with Gasteiger partial charge in [0.05, 0.1) is 16.4 Å². The Morgan fingerprint density at radius 3 is 2.77 bits per heavy atom. The van der Waals surface area contributed by atoms with Crippen LogP contribution >= 0.6 is 11.6 Å². The number of benzene rings is 1. The van der Waals surface area contributed by atoms with Gasteiger partial charge >= 0.3 is 6.03 Å². The monoisotopic (exact) mass is 324 g/mol. The molecule has 3 N–H and O–H groups in total. The fourth-order valence-electron chi connectivity index (χ4n) is 2.54. The first-order chi connectivity index (χ1) is 10.4. The summed E-state index contributed by atoms with van der Waals surface area (Å²) in [6.45, 7) is 2.60. The van der Waals surface area contributed by atoms with Crippen LogP contribution < -0.4 is 20.9 Å². The van der Waals surface area contributed by atoms with Crippen molar-refractivity contribution in [1.82, 2.24) is 10.6 Å². The quantitative estimate of drug-likeness (QED) is 0.796. The molecule has 1 aromatic carbocycles. The number of halogens is 1. The summed E-state index contributed by atoms with van der Waals surface area (Å²) in [4.78, 5) is 25.9. The molecule has 1 aromatic rings. The molecular weight excluding hydrogens is 304 g/mol. The van der Waals surface area contributed by atoms with Crippen LogP contribution in [0.2, 0.25) is 5.02 Å². The minimum Gasteiger partial charge on any atom is -0.375 e. The van der Waals surface area contributed by atoms with Crippen molar-refractivity contribution >= 4 is 34.9 Å². The smallest absolute Gasteiger partial charge is 0.319 e. The van der Waals surface area contributed by atoms with Gasteiger partial charge in [0.15, 0.2) is 0 Å². The topological polar surface area (TPSA) is 73.5 Å². The molecule has 0 unspecified atom stereocenters. The Morgan fingerprint density at radius 1 is 1.41 bits per heavy atom. The molecule has 1 aliphatic rings. The number of hydrogen-bond donors (Lipinski definition) is 3. The zero-order valence-electron chi connectivity index (χ0n) is 12.9. The molecule has 1 heterocycles. The van der Waals surface area contributed by atoms with Crippen LogP contribution in [-0.2, 0) is 4.79 Å². The predicted octanol–water partition coefficient (Wildman–Crippen LogP) is 2.05. The number of rotatable bonds is 3.